The number of aromatic hydroxyl groups is 2. The van der Waals surface area contributed by atoms with Gasteiger partial charge < -0.3 is 20.4 Å². The maximum absolute atomic E-state index is 10.8. The summed E-state index contributed by atoms with van der Waals surface area (Å²) >= 11 is 0. The van der Waals surface area contributed by atoms with E-state index in [-0.39, 0.29) is 45.4 Å². The number of aliphatic hydroxyl groups is 2. The first-order valence-corrected chi connectivity index (χ1v) is 11.8. The van der Waals surface area contributed by atoms with Crippen LogP contribution in [-0.2, 0) is 28.1 Å². The molecule has 0 heterocycles. The van der Waals surface area contributed by atoms with Gasteiger partial charge in [0.1, 0.15) is 11.5 Å². The van der Waals surface area contributed by atoms with Crippen LogP contribution in [0.15, 0.2) is 97.1 Å². The smallest absolute Gasteiger partial charge is 0.126 e. The Bertz CT molecular complexity index is 1060. The van der Waals surface area contributed by atoms with E-state index in [1.807, 2.05) is 97.1 Å². The van der Waals surface area contributed by atoms with Gasteiger partial charge in [-0.25, -0.2) is 0 Å². The average molecular weight is 520 g/mol. The van der Waals surface area contributed by atoms with Gasteiger partial charge in [0.15, 0.2) is 0 Å². The Kier molecular flexibility index (Phi) is 13.8. The second kappa shape index (κ2) is 16.0. The molecule has 4 rings (SSSR count). The molecule has 188 valence electrons. The first-order valence-electron chi connectivity index (χ1n) is 11.8. The van der Waals surface area contributed by atoms with Crippen LogP contribution in [0, 0.1) is 0 Å². The Balaban J connectivity index is 0.000000634. The van der Waals surface area contributed by atoms with Crippen LogP contribution in [0.2, 0.25) is 0 Å². The molecule has 0 aliphatic carbocycles. The van der Waals surface area contributed by atoms with Crippen molar-refractivity contribution >= 4 is 0 Å². The molecule has 4 aromatic rings. The zero-order chi connectivity index (χ0) is 25.8. The molecule has 0 aliphatic heterocycles. The standard InChI is InChI=1S/C25H20O2.2C3H8O.Ti/c26-24-20(13-7-15-22(24)18-9-3-1-4-10-18)17-21-14-8-16-23(25(21)27)19-11-5-2-6-12-19;2*1-3(2)4;/h1-16,26-27H,17H2;2*3-4H,1-2H3;. The summed E-state index contributed by atoms with van der Waals surface area (Å²) < 4.78 is 0. The summed E-state index contributed by atoms with van der Waals surface area (Å²) in [6.07, 6.45) is 0.124. The fourth-order valence-corrected chi connectivity index (χ4v) is 3.37. The third-order valence-corrected chi connectivity index (χ3v) is 4.79. The first-order chi connectivity index (χ1) is 16.7. The summed E-state index contributed by atoms with van der Waals surface area (Å²) in [5, 5.41) is 37.7. The second-order valence-electron chi connectivity index (χ2n) is 8.72. The topological polar surface area (TPSA) is 80.9 Å². The van der Waals surface area contributed by atoms with Gasteiger partial charge in [0.05, 0.1) is 0 Å². The van der Waals surface area contributed by atoms with Crippen molar-refractivity contribution in [2.75, 3.05) is 0 Å². The van der Waals surface area contributed by atoms with Crippen LogP contribution >= 0.6 is 0 Å². The number of para-hydroxylation sites is 2. The molecule has 0 unspecified atom stereocenters. The first kappa shape index (κ1) is 31.1. The summed E-state index contributed by atoms with van der Waals surface area (Å²) in [7, 11) is 0. The van der Waals surface area contributed by atoms with Gasteiger partial charge in [-0.15, -0.1) is 0 Å². The van der Waals surface area contributed by atoms with Gasteiger partial charge in [-0.1, -0.05) is 97.1 Å². The van der Waals surface area contributed by atoms with Crippen LogP contribution in [0.5, 0.6) is 11.5 Å². The zero-order valence-electron chi connectivity index (χ0n) is 21.4. The summed E-state index contributed by atoms with van der Waals surface area (Å²) in [5.41, 5.74) is 5.12. The van der Waals surface area contributed by atoms with E-state index in [4.69, 9.17) is 10.2 Å². The zero-order valence-corrected chi connectivity index (χ0v) is 22.9. The summed E-state index contributed by atoms with van der Waals surface area (Å²) in [6, 6.07) is 31.1. The fourth-order valence-electron chi connectivity index (χ4n) is 3.37. The van der Waals surface area contributed by atoms with E-state index >= 15 is 0 Å². The maximum atomic E-state index is 10.8. The SMILES string of the molecule is CC(C)O.CC(C)O.Oc1c(Cc2cccc(-c3ccccc3)c2O)cccc1-c1ccccc1.[Ti]. The van der Waals surface area contributed by atoms with Crippen molar-refractivity contribution in [1.29, 1.82) is 0 Å². The Morgan fingerprint density at radius 2 is 0.806 bits per heavy atom. The molecule has 0 fully saturated rings. The minimum Gasteiger partial charge on any atom is -0.507 e. The van der Waals surface area contributed by atoms with Crippen molar-refractivity contribution < 1.29 is 42.1 Å². The predicted octanol–water partition coefficient (Wildman–Crippen LogP) is 6.79. The van der Waals surface area contributed by atoms with Crippen molar-refractivity contribution in [1.82, 2.24) is 0 Å². The Morgan fingerprint density at radius 1 is 0.500 bits per heavy atom. The van der Waals surface area contributed by atoms with Crippen LogP contribution in [0.1, 0.15) is 38.8 Å². The predicted molar refractivity (Wildman–Crippen MR) is 145 cm³/mol. The number of benzene rings is 4. The number of rotatable bonds is 4. The molecule has 4 nitrogen and oxygen atoms in total. The van der Waals surface area contributed by atoms with Crippen molar-refractivity contribution in [2.45, 2.75) is 46.3 Å². The molecule has 0 amide bonds. The number of phenols is 2. The molecule has 4 N–H and O–H groups in total. The quantitative estimate of drug-likeness (QED) is 0.223. The van der Waals surface area contributed by atoms with E-state index in [1.54, 1.807) is 27.7 Å². The summed E-state index contributed by atoms with van der Waals surface area (Å²) in [5.74, 6) is 0.515. The number of aliphatic hydroxyl groups excluding tert-OH is 2. The minimum absolute atomic E-state index is 0. The van der Waals surface area contributed by atoms with Gasteiger partial charge >= 0.3 is 0 Å². The molecular formula is C31H36O4Ti. The Labute approximate surface area is 229 Å². The van der Waals surface area contributed by atoms with Crippen LogP contribution in [0.3, 0.4) is 0 Å². The molecule has 5 heteroatoms. The molecule has 0 atom stereocenters. The van der Waals surface area contributed by atoms with Gasteiger partial charge in [0.2, 0.25) is 0 Å². The Morgan fingerprint density at radius 3 is 1.11 bits per heavy atom. The molecule has 0 aliphatic rings. The van der Waals surface area contributed by atoms with Crippen LogP contribution in [-0.4, -0.2) is 32.6 Å². The Hall–Kier alpha value is -2.89. The third kappa shape index (κ3) is 10.0. The van der Waals surface area contributed by atoms with Crippen molar-refractivity contribution in [2.24, 2.45) is 0 Å². The van der Waals surface area contributed by atoms with E-state index in [9.17, 15) is 10.2 Å². The molecular weight excluding hydrogens is 484 g/mol. The normalized spacial score (nSPS) is 10.0. The second-order valence-corrected chi connectivity index (χ2v) is 8.72. The number of hydrogen-bond donors (Lipinski definition) is 4. The molecule has 0 saturated heterocycles. The average Bonchev–Trinajstić information content (AvgIpc) is 2.82. The number of hydrogen-bond acceptors (Lipinski definition) is 4. The van der Waals surface area contributed by atoms with Crippen LogP contribution < -0.4 is 0 Å². The molecule has 36 heavy (non-hydrogen) atoms. The summed E-state index contributed by atoms with van der Waals surface area (Å²) in [6.45, 7) is 6.89. The maximum Gasteiger partial charge on any atom is 0.126 e. The molecule has 0 saturated carbocycles. The minimum atomic E-state index is -0.167. The number of phenolic OH excluding ortho intramolecular Hbond substituents is 2. The molecule has 0 spiro atoms. The fraction of sp³-hybridized carbons (Fsp3) is 0.226. The van der Waals surface area contributed by atoms with E-state index in [0.717, 1.165) is 33.4 Å². The van der Waals surface area contributed by atoms with E-state index in [0.29, 0.717) is 6.42 Å². The van der Waals surface area contributed by atoms with Gasteiger partial charge in [-0.3, -0.25) is 0 Å². The molecule has 0 radical (unpaired) electrons. The summed E-state index contributed by atoms with van der Waals surface area (Å²) in [4.78, 5) is 0. The monoisotopic (exact) mass is 520 g/mol. The van der Waals surface area contributed by atoms with Crippen LogP contribution in [0.25, 0.3) is 22.3 Å². The van der Waals surface area contributed by atoms with E-state index in [1.165, 1.54) is 0 Å². The van der Waals surface area contributed by atoms with Gasteiger partial charge in [0, 0.05) is 51.5 Å². The van der Waals surface area contributed by atoms with Gasteiger partial charge in [-0.05, 0) is 49.9 Å². The van der Waals surface area contributed by atoms with Crippen LogP contribution in [0.4, 0.5) is 0 Å². The van der Waals surface area contributed by atoms with E-state index in [2.05, 4.69) is 0 Å². The molecule has 0 bridgehead atoms. The molecule has 4 aromatic carbocycles. The van der Waals surface area contributed by atoms with Crippen molar-refractivity contribution in [3.8, 4) is 33.8 Å². The van der Waals surface area contributed by atoms with Crippen molar-refractivity contribution in [3.63, 3.8) is 0 Å². The largest absolute Gasteiger partial charge is 0.507 e. The third-order valence-electron chi connectivity index (χ3n) is 4.79. The van der Waals surface area contributed by atoms with Crippen molar-refractivity contribution in [3.05, 3.63) is 108 Å². The van der Waals surface area contributed by atoms with Gasteiger partial charge in [-0.2, -0.15) is 0 Å². The van der Waals surface area contributed by atoms with Gasteiger partial charge in [0.25, 0.3) is 0 Å². The molecule has 0 aromatic heterocycles. The van der Waals surface area contributed by atoms with E-state index < -0.39 is 0 Å².